The average Bonchev–Trinajstić information content (AvgIpc) is 2.59. The maximum atomic E-state index is 11.7. The third kappa shape index (κ3) is 3.22. The summed E-state index contributed by atoms with van der Waals surface area (Å²) in [5.74, 6) is 0.853. The first-order valence-electron chi connectivity index (χ1n) is 7.26. The normalized spacial score (nSPS) is 11.6. The molecule has 0 aliphatic carbocycles. The van der Waals surface area contributed by atoms with Crippen molar-refractivity contribution in [3.05, 3.63) is 54.1 Å². The number of hydrogen-bond donors (Lipinski definition) is 1. The quantitative estimate of drug-likeness (QED) is 0.935. The number of para-hydroxylation sites is 1. The van der Waals surface area contributed by atoms with Gasteiger partial charge in [-0.05, 0) is 24.1 Å². The van der Waals surface area contributed by atoms with Gasteiger partial charge in [0.25, 0.3) is 0 Å². The second-order valence-corrected chi connectivity index (χ2v) is 5.16. The van der Waals surface area contributed by atoms with Crippen LogP contribution >= 0.6 is 0 Å². The Morgan fingerprint density at radius 1 is 1.14 bits per heavy atom. The maximum absolute atomic E-state index is 11.7. The van der Waals surface area contributed by atoms with Crippen molar-refractivity contribution in [2.75, 3.05) is 21.2 Å². The standard InChI is InChI=1S/C18H22N2O2/c1-13(20(3)18(21)19-2)14-9-11-15(12-10-14)16-7-5-6-8-17(16)22-4/h5-13H,1-4H3,(H,19,21). The lowest BCUT2D eigenvalue weighted by Gasteiger charge is -2.25. The van der Waals surface area contributed by atoms with Crippen LogP contribution in [0.25, 0.3) is 11.1 Å². The summed E-state index contributed by atoms with van der Waals surface area (Å²) in [6.45, 7) is 2.01. The van der Waals surface area contributed by atoms with Crippen LogP contribution in [0.15, 0.2) is 48.5 Å². The largest absolute Gasteiger partial charge is 0.496 e. The molecule has 4 nitrogen and oxygen atoms in total. The molecule has 2 amide bonds. The molecule has 0 fully saturated rings. The fraction of sp³-hybridized carbons (Fsp3) is 0.278. The predicted octanol–water partition coefficient (Wildman–Crippen LogP) is 3.69. The second-order valence-electron chi connectivity index (χ2n) is 5.16. The van der Waals surface area contributed by atoms with Gasteiger partial charge in [0.2, 0.25) is 0 Å². The van der Waals surface area contributed by atoms with E-state index in [9.17, 15) is 4.79 Å². The van der Waals surface area contributed by atoms with Gasteiger partial charge in [0, 0.05) is 19.7 Å². The molecule has 0 aromatic heterocycles. The molecule has 0 saturated heterocycles. The first-order chi connectivity index (χ1) is 10.6. The number of hydrogen-bond acceptors (Lipinski definition) is 2. The van der Waals surface area contributed by atoms with Crippen molar-refractivity contribution in [2.45, 2.75) is 13.0 Å². The number of methoxy groups -OCH3 is 1. The minimum Gasteiger partial charge on any atom is -0.496 e. The zero-order valence-corrected chi connectivity index (χ0v) is 13.5. The Kier molecular flexibility index (Phi) is 5.04. The Bertz CT molecular complexity index is 638. The zero-order chi connectivity index (χ0) is 16.1. The predicted molar refractivity (Wildman–Crippen MR) is 89.1 cm³/mol. The number of nitrogens with zero attached hydrogens (tertiary/aromatic N) is 1. The Morgan fingerprint density at radius 3 is 2.36 bits per heavy atom. The zero-order valence-electron chi connectivity index (χ0n) is 13.5. The number of benzene rings is 2. The maximum Gasteiger partial charge on any atom is 0.317 e. The number of nitrogens with one attached hydrogen (secondary N) is 1. The minimum absolute atomic E-state index is 0.00617. The summed E-state index contributed by atoms with van der Waals surface area (Å²) in [7, 11) is 5.10. The van der Waals surface area contributed by atoms with Crippen LogP contribution in [0.1, 0.15) is 18.5 Å². The van der Waals surface area contributed by atoms with Crippen molar-refractivity contribution in [3.63, 3.8) is 0 Å². The lowest BCUT2D eigenvalue weighted by molar-refractivity contribution is 0.197. The van der Waals surface area contributed by atoms with Gasteiger partial charge in [-0.2, -0.15) is 0 Å². The van der Waals surface area contributed by atoms with Crippen LogP contribution in [0.4, 0.5) is 4.79 Å². The summed E-state index contributed by atoms with van der Waals surface area (Å²) < 4.78 is 5.40. The topological polar surface area (TPSA) is 41.6 Å². The van der Waals surface area contributed by atoms with E-state index in [2.05, 4.69) is 17.4 Å². The van der Waals surface area contributed by atoms with Gasteiger partial charge in [-0.25, -0.2) is 4.79 Å². The number of amides is 2. The minimum atomic E-state index is -0.0960. The Labute approximate surface area is 131 Å². The molecule has 0 aliphatic heterocycles. The Balaban J connectivity index is 2.25. The summed E-state index contributed by atoms with van der Waals surface area (Å²) in [5.41, 5.74) is 3.24. The monoisotopic (exact) mass is 298 g/mol. The first kappa shape index (κ1) is 15.9. The molecule has 1 unspecified atom stereocenters. The van der Waals surface area contributed by atoms with Gasteiger partial charge in [0.15, 0.2) is 0 Å². The number of rotatable bonds is 4. The summed E-state index contributed by atoms with van der Waals surface area (Å²) in [6, 6.07) is 16.1. The van der Waals surface area contributed by atoms with Crippen molar-refractivity contribution < 1.29 is 9.53 Å². The fourth-order valence-electron chi connectivity index (χ4n) is 2.40. The summed E-state index contributed by atoms with van der Waals surface area (Å²) in [6.07, 6.45) is 0. The molecule has 2 rings (SSSR count). The van der Waals surface area contributed by atoms with Crippen molar-refractivity contribution in [1.29, 1.82) is 0 Å². The third-order valence-electron chi connectivity index (χ3n) is 3.93. The van der Waals surface area contributed by atoms with E-state index in [1.54, 1.807) is 26.1 Å². The van der Waals surface area contributed by atoms with Crippen LogP contribution in [0.3, 0.4) is 0 Å². The number of carbonyl (C=O) groups is 1. The summed E-state index contributed by atoms with van der Waals surface area (Å²) >= 11 is 0. The molecule has 0 spiro atoms. The van der Waals surface area contributed by atoms with Gasteiger partial charge in [-0.1, -0.05) is 42.5 Å². The number of ether oxygens (including phenoxy) is 1. The van der Waals surface area contributed by atoms with Crippen LogP contribution in [0.2, 0.25) is 0 Å². The van der Waals surface area contributed by atoms with E-state index in [4.69, 9.17) is 4.74 Å². The molecule has 1 N–H and O–H groups in total. The first-order valence-corrected chi connectivity index (χ1v) is 7.26. The van der Waals surface area contributed by atoms with Crippen molar-refractivity contribution in [2.24, 2.45) is 0 Å². The van der Waals surface area contributed by atoms with E-state index in [1.165, 1.54) is 0 Å². The highest BCUT2D eigenvalue weighted by atomic mass is 16.5. The molecule has 0 radical (unpaired) electrons. The fourth-order valence-corrected chi connectivity index (χ4v) is 2.40. The molecule has 2 aromatic carbocycles. The van der Waals surface area contributed by atoms with Gasteiger partial charge in [-0.3, -0.25) is 0 Å². The molecule has 4 heteroatoms. The van der Waals surface area contributed by atoms with Crippen LogP contribution in [0.5, 0.6) is 5.75 Å². The second kappa shape index (κ2) is 6.98. The molecule has 22 heavy (non-hydrogen) atoms. The molecule has 116 valence electrons. The van der Waals surface area contributed by atoms with Crippen molar-refractivity contribution in [1.82, 2.24) is 10.2 Å². The van der Waals surface area contributed by atoms with Crippen LogP contribution in [0, 0.1) is 0 Å². The van der Waals surface area contributed by atoms with Crippen molar-refractivity contribution >= 4 is 6.03 Å². The van der Waals surface area contributed by atoms with Crippen LogP contribution in [-0.4, -0.2) is 32.1 Å². The molecule has 0 bridgehead atoms. The van der Waals surface area contributed by atoms with E-state index < -0.39 is 0 Å². The third-order valence-corrected chi connectivity index (χ3v) is 3.93. The SMILES string of the molecule is CNC(=O)N(C)C(C)c1ccc(-c2ccccc2OC)cc1. The van der Waals surface area contributed by atoms with Gasteiger partial charge < -0.3 is 15.0 Å². The molecule has 0 saturated carbocycles. The van der Waals surface area contributed by atoms with E-state index >= 15 is 0 Å². The van der Waals surface area contributed by atoms with Gasteiger partial charge in [0.1, 0.15) is 5.75 Å². The van der Waals surface area contributed by atoms with Gasteiger partial charge >= 0.3 is 6.03 Å². The Morgan fingerprint density at radius 2 is 1.77 bits per heavy atom. The molecular formula is C18H22N2O2. The molecule has 1 atom stereocenters. The van der Waals surface area contributed by atoms with Crippen LogP contribution < -0.4 is 10.1 Å². The average molecular weight is 298 g/mol. The highest BCUT2D eigenvalue weighted by Crippen LogP contribution is 2.30. The van der Waals surface area contributed by atoms with Gasteiger partial charge in [0.05, 0.1) is 13.2 Å². The van der Waals surface area contributed by atoms with E-state index in [0.717, 1.165) is 22.4 Å². The highest BCUT2D eigenvalue weighted by Gasteiger charge is 2.16. The van der Waals surface area contributed by atoms with E-state index in [-0.39, 0.29) is 12.1 Å². The number of carbonyl (C=O) groups excluding carboxylic acids is 1. The molecule has 2 aromatic rings. The summed E-state index contributed by atoms with van der Waals surface area (Å²) in [4.78, 5) is 13.4. The lowest BCUT2D eigenvalue weighted by Crippen LogP contribution is -2.36. The smallest absolute Gasteiger partial charge is 0.317 e. The van der Waals surface area contributed by atoms with Gasteiger partial charge in [-0.15, -0.1) is 0 Å². The van der Waals surface area contributed by atoms with Crippen molar-refractivity contribution in [3.8, 4) is 16.9 Å². The van der Waals surface area contributed by atoms with E-state index in [1.807, 2.05) is 43.3 Å². The van der Waals surface area contributed by atoms with E-state index in [0.29, 0.717) is 0 Å². The molecule has 0 heterocycles. The van der Waals surface area contributed by atoms with Crippen LogP contribution in [-0.2, 0) is 0 Å². The number of urea groups is 1. The highest BCUT2D eigenvalue weighted by molar-refractivity contribution is 5.74. The summed E-state index contributed by atoms with van der Waals surface area (Å²) in [5, 5.41) is 2.64. The Hall–Kier alpha value is -2.49. The molecular weight excluding hydrogens is 276 g/mol. The molecule has 0 aliphatic rings. The lowest BCUT2D eigenvalue weighted by atomic mass is 10.0.